The summed E-state index contributed by atoms with van der Waals surface area (Å²) in [5.41, 5.74) is -0.107. The van der Waals surface area contributed by atoms with Crippen LogP contribution in [-0.2, 0) is 0 Å². The summed E-state index contributed by atoms with van der Waals surface area (Å²) in [5, 5.41) is 14.5. The Labute approximate surface area is 121 Å². The summed E-state index contributed by atoms with van der Waals surface area (Å²) in [7, 11) is 0. The van der Waals surface area contributed by atoms with E-state index >= 15 is 0 Å². The first kappa shape index (κ1) is 15.8. The maximum atomic E-state index is 11.9. The van der Waals surface area contributed by atoms with Crippen molar-refractivity contribution >= 4 is 27.6 Å². The molecule has 0 radical (unpaired) electrons. The van der Waals surface area contributed by atoms with Crippen molar-refractivity contribution in [3.63, 3.8) is 0 Å². The standard InChI is InChI=1S/C13H19BrN2O3/c1-4-19-11-6-5-9(14)7-10(11)15-12(18)16-13(2,3)8-17/h5-7,17H,4,8H2,1-3H3,(H2,15,16,18). The van der Waals surface area contributed by atoms with Crippen molar-refractivity contribution in [2.24, 2.45) is 0 Å². The van der Waals surface area contributed by atoms with Gasteiger partial charge in [0.15, 0.2) is 0 Å². The monoisotopic (exact) mass is 330 g/mol. The van der Waals surface area contributed by atoms with Crippen molar-refractivity contribution in [3.05, 3.63) is 22.7 Å². The molecule has 19 heavy (non-hydrogen) atoms. The van der Waals surface area contributed by atoms with Gasteiger partial charge in [-0.05, 0) is 39.0 Å². The third kappa shape index (κ3) is 5.08. The first-order valence-corrected chi connectivity index (χ1v) is 6.79. The zero-order valence-electron chi connectivity index (χ0n) is 11.3. The first-order chi connectivity index (χ1) is 8.88. The lowest BCUT2D eigenvalue weighted by molar-refractivity contribution is 0.187. The Bertz CT molecular complexity index is 450. The summed E-state index contributed by atoms with van der Waals surface area (Å²) in [5.74, 6) is 0.600. The highest BCUT2D eigenvalue weighted by molar-refractivity contribution is 9.10. The number of amides is 2. The molecular weight excluding hydrogens is 312 g/mol. The lowest BCUT2D eigenvalue weighted by atomic mass is 10.1. The van der Waals surface area contributed by atoms with Crippen molar-refractivity contribution in [3.8, 4) is 5.75 Å². The zero-order chi connectivity index (χ0) is 14.5. The van der Waals surface area contributed by atoms with Gasteiger partial charge in [0.1, 0.15) is 5.75 Å². The van der Waals surface area contributed by atoms with E-state index in [-0.39, 0.29) is 6.61 Å². The molecule has 0 aromatic heterocycles. The Balaban J connectivity index is 2.80. The number of carbonyl (C=O) groups excluding carboxylic acids is 1. The van der Waals surface area contributed by atoms with Gasteiger partial charge in [0.05, 0.1) is 24.4 Å². The zero-order valence-corrected chi connectivity index (χ0v) is 12.9. The summed E-state index contributed by atoms with van der Waals surface area (Å²) in [4.78, 5) is 11.9. The largest absolute Gasteiger partial charge is 0.492 e. The van der Waals surface area contributed by atoms with Crippen LogP contribution in [0.25, 0.3) is 0 Å². The van der Waals surface area contributed by atoms with Crippen molar-refractivity contribution < 1.29 is 14.6 Å². The van der Waals surface area contributed by atoms with Crippen LogP contribution < -0.4 is 15.4 Å². The summed E-state index contributed by atoms with van der Waals surface area (Å²) in [6.45, 7) is 5.71. The molecule has 3 N–H and O–H groups in total. The predicted octanol–water partition coefficient (Wildman–Crippen LogP) is 2.74. The summed E-state index contributed by atoms with van der Waals surface area (Å²) in [6, 6.07) is 4.99. The van der Waals surface area contributed by atoms with Crippen molar-refractivity contribution in [1.29, 1.82) is 0 Å². The summed E-state index contributed by atoms with van der Waals surface area (Å²) < 4.78 is 6.28. The molecule has 106 valence electrons. The minimum Gasteiger partial charge on any atom is -0.492 e. The molecule has 5 nitrogen and oxygen atoms in total. The Morgan fingerprint density at radius 2 is 2.16 bits per heavy atom. The van der Waals surface area contributed by atoms with Crippen molar-refractivity contribution in [2.45, 2.75) is 26.3 Å². The second kappa shape index (κ2) is 6.77. The Morgan fingerprint density at radius 1 is 1.47 bits per heavy atom. The van der Waals surface area contributed by atoms with Gasteiger partial charge in [-0.3, -0.25) is 0 Å². The van der Waals surface area contributed by atoms with Crippen LogP contribution in [0.3, 0.4) is 0 Å². The fourth-order valence-electron chi connectivity index (χ4n) is 1.38. The van der Waals surface area contributed by atoms with Crippen LogP contribution in [0, 0.1) is 0 Å². The van der Waals surface area contributed by atoms with Crippen LogP contribution >= 0.6 is 15.9 Å². The Morgan fingerprint density at radius 3 is 2.74 bits per heavy atom. The number of hydrogen-bond donors (Lipinski definition) is 3. The molecule has 2 amide bonds. The van der Waals surface area contributed by atoms with E-state index in [1.54, 1.807) is 26.0 Å². The van der Waals surface area contributed by atoms with Gasteiger partial charge in [0.25, 0.3) is 0 Å². The molecule has 6 heteroatoms. The molecule has 0 fully saturated rings. The minimum atomic E-state index is -0.679. The lowest BCUT2D eigenvalue weighted by Gasteiger charge is -2.24. The predicted molar refractivity (Wildman–Crippen MR) is 78.6 cm³/mol. The topological polar surface area (TPSA) is 70.6 Å². The molecule has 0 atom stereocenters. The summed E-state index contributed by atoms with van der Waals surface area (Å²) >= 11 is 3.35. The number of ether oxygens (including phenoxy) is 1. The van der Waals surface area contributed by atoms with E-state index in [1.807, 2.05) is 13.0 Å². The van der Waals surface area contributed by atoms with Gasteiger partial charge in [0.2, 0.25) is 0 Å². The molecule has 0 heterocycles. The third-order valence-electron chi connectivity index (χ3n) is 2.34. The normalized spacial score (nSPS) is 11.0. The number of hydrogen-bond acceptors (Lipinski definition) is 3. The van der Waals surface area contributed by atoms with E-state index < -0.39 is 11.6 Å². The highest BCUT2D eigenvalue weighted by Gasteiger charge is 2.19. The maximum absolute atomic E-state index is 11.9. The molecule has 1 aromatic rings. The second-order valence-electron chi connectivity index (χ2n) is 4.69. The molecule has 0 bridgehead atoms. The van der Waals surface area contributed by atoms with Crippen LogP contribution in [0.4, 0.5) is 10.5 Å². The van der Waals surface area contributed by atoms with Gasteiger partial charge < -0.3 is 20.5 Å². The third-order valence-corrected chi connectivity index (χ3v) is 2.83. The van der Waals surface area contributed by atoms with E-state index in [0.717, 1.165) is 4.47 Å². The lowest BCUT2D eigenvalue weighted by Crippen LogP contribution is -2.48. The van der Waals surface area contributed by atoms with Gasteiger partial charge in [-0.1, -0.05) is 15.9 Å². The van der Waals surface area contributed by atoms with Gasteiger partial charge in [-0.15, -0.1) is 0 Å². The maximum Gasteiger partial charge on any atom is 0.319 e. The molecule has 1 aromatic carbocycles. The Kier molecular flexibility index (Phi) is 5.62. The highest BCUT2D eigenvalue weighted by Crippen LogP contribution is 2.28. The number of nitrogens with one attached hydrogen (secondary N) is 2. The number of aliphatic hydroxyl groups is 1. The van der Waals surface area contributed by atoms with Gasteiger partial charge in [-0.25, -0.2) is 4.79 Å². The van der Waals surface area contributed by atoms with E-state index in [0.29, 0.717) is 18.0 Å². The smallest absolute Gasteiger partial charge is 0.319 e. The average molecular weight is 331 g/mol. The molecule has 0 saturated carbocycles. The van der Waals surface area contributed by atoms with Crippen LogP contribution in [0.1, 0.15) is 20.8 Å². The van der Waals surface area contributed by atoms with Crippen LogP contribution in [0.2, 0.25) is 0 Å². The minimum absolute atomic E-state index is 0.142. The van der Waals surface area contributed by atoms with Crippen LogP contribution in [0.5, 0.6) is 5.75 Å². The number of carbonyl (C=O) groups is 1. The number of urea groups is 1. The van der Waals surface area contributed by atoms with Gasteiger partial charge in [0, 0.05) is 4.47 Å². The van der Waals surface area contributed by atoms with Gasteiger partial charge >= 0.3 is 6.03 Å². The molecule has 1 rings (SSSR count). The molecule has 0 aliphatic rings. The quantitative estimate of drug-likeness (QED) is 0.777. The number of anilines is 1. The first-order valence-electron chi connectivity index (χ1n) is 6.00. The molecule has 0 unspecified atom stereocenters. The highest BCUT2D eigenvalue weighted by atomic mass is 79.9. The van der Waals surface area contributed by atoms with E-state index in [9.17, 15) is 4.79 Å². The van der Waals surface area contributed by atoms with Crippen molar-refractivity contribution in [2.75, 3.05) is 18.5 Å². The van der Waals surface area contributed by atoms with E-state index in [4.69, 9.17) is 9.84 Å². The fourth-order valence-corrected chi connectivity index (χ4v) is 1.74. The van der Waals surface area contributed by atoms with E-state index in [1.165, 1.54) is 0 Å². The number of benzene rings is 1. The van der Waals surface area contributed by atoms with E-state index in [2.05, 4.69) is 26.6 Å². The number of rotatable bonds is 5. The number of aliphatic hydroxyl groups excluding tert-OH is 1. The van der Waals surface area contributed by atoms with Crippen molar-refractivity contribution in [1.82, 2.24) is 5.32 Å². The molecule has 0 aliphatic carbocycles. The Hall–Kier alpha value is -1.27. The van der Waals surface area contributed by atoms with Crippen LogP contribution in [-0.4, -0.2) is 29.9 Å². The van der Waals surface area contributed by atoms with Crippen LogP contribution in [0.15, 0.2) is 22.7 Å². The summed E-state index contributed by atoms with van der Waals surface area (Å²) in [6.07, 6.45) is 0. The molecule has 0 aliphatic heterocycles. The SMILES string of the molecule is CCOc1ccc(Br)cc1NC(=O)NC(C)(C)CO. The average Bonchev–Trinajstić information content (AvgIpc) is 2.32. The molecular formula is C13H19BrN2O3. The molecule has 0 spiro atoms. The molecule has 0 saturated heterocycles. The van der Waals surface area contributed by atoms with Gasteiger partial charge in [-0.2, -0.15) is 0 Å². The second-order valence-corrected chi connectivity index (χ2v) is 5.61. The fraction of sp³-hybridized carbons (Fsp3) is 0.462. The number of halogens is 1.